The lowest BCUT2D eigenvalue weighted by atomic mass is 9.98. The molecule has 3 rings (SSSR count). The topological polar surface area (TPSA) is 105 Å². The van der Waals surface area contributed by atoms with Crippen LogP contribution in [0.5, 0.6) is 0 Å². The maximum atomic E-state index is 13.2. The van der Waals surface area contributed by atoms with Crippen LogP contribution in [0.2, 0.25) is 5.02 Å². The number of hydrogen-bond donors (Lipinski definition) is 2. The number of ether oxygens (including phenoxy) is 1. The summed E-state index contributed by atoms with van der Waals surface area (Å²) in [6.45, 7) is 0.759. The lowest BCUT2D eigenvalue weighted by molar-refractivity contribution is -0.155. The highest BCUT2D eigenvalue weighted by Crippen LogP contribution is 2.34. The molecule has 0 aromatic heterocycles. The second-order valence-corrected chi connectivity index (χ2v) is 7.27. The zero-order valence-corrected chi connectivity index (χ0v) is 15.8. The molecule has 1 aliphatic carbocycles. The third kappa shape index (κ3) is 3.94. The van der Waals surface area contributed by atoms with Gasteiger partial charge in [0, 0.05) is 5.69 Å². The van der Waals surface area contributed by atoms with Crippen molar-refractivity contribution in [2.45, 2.75) is 44.2 Å². The number of hydrogen-bond acceptors (Lipinski definition) is 5. The van der Waals surface area contributed by atoms with Crippen LogP contribution >= 0.6 is 11.6 Å². The van der Waals surface area contributed by atoms with Gasteiger partial charge < -0.3 is 15.4 Å². The number of nitrogens with one attached hydrogen (secondary N) is 2. The van der Waals surface area contributed by atoms with E-state index in [1.54, 1.807) is 0 Å². The minimum absolute atomic E-state index is 0.165. The molecule has 0 bridgehead atoms. The molecule has 1 spiro atoms. The van der Waals surface area contributed by atoms with Gasteiger partial charge in [0.25, 0.3) is 11.8 Å². The number of urea groups is 1. The number of carbonyl (C=O) groups excluding carboxylic acids is 4. The van der Waals surface area contributed by atoms with E-state index in [0.717, 1.165) is 23.8 Å². The number of carbonyl (C=O) groups is 4. The summed E-state index contributed by atoms with van der Waals surface area (Å²) in [6, 6.07) is 2.98. The van der Waals surface area contributed by atoms with E-state index in [1.807, 2.05) is 0 Å². The molecule has 10 heteroatoms. The molecule has 150 valence electrons. The lowest BCUT2D eigenvalue weighted by Crippen LogP contribution is -2.44. The van der Waals surface area contributed by atoms with Crippen LogP contribution in [0.4, 0.5) is 14.9 Å². The van der Waals surface area contributed by atoms with E-state index in [0.29, 0.717) is 12.8 Å². The number of rotatable bonds is 5. The van der Waals surface area contributed by atoms with Crippen LogP contribution in [-0.4, -0.2) is 46.9 Å². The molecule has 1 atom stereocenters. The van der Waals surface area contributed by atoms with Crippen molar-refractivity contribution >= 4 is 41.1 Å². The van der Waals surface area contributed by atoms with Crippen LogP contribution < -0.4 is 10.6 Å². The lowest BCUT2D eigenvalue weighted by Gasteiger charge is -2.20. The Morgan fingerprint density at radius 1 is 1.36 bits per heavy atom. The van der Waals surface area contributed by atoms with E-state index in [-0.39, 0.29) is 10.7 Å². The molecule has 2 N–H and O–H groups in total. The van der Waals surface area contributed by atoms with Gasteiger partial charge in [-0.3, -0.25) is 19.3 Å². The highest BCUT2D eigenvalue weighted by molar-refractivity contribution is 6.31. The van der Waals surface area contributed by atoms with Gasteiger partial charge in [-0.15, -0.1) is 0 Å². The van der Waals surface area contributed by atoms with E-state index < -0.39 is 47.8 Å². The van der Waals surface area contributed by atoms with Crippen molar-refractivity contribution in [3.63, 3.8) is 0 Å². The predicted octanol–water partition coefficient (Wildman–Crippen LogP) is 2.21. The molecule has 0 radical (unpaired) electrons. The van der Waals surface area contributed by atoms with Crippen LogP contribution in [0, 0.1) is 5.82 Å². The molecule has 8 nitrogen and oxygen atoms in total. The smallest absolute Gasteiger partial charge is 0.327 e. The summed E-state index contributed by atoms with van der Waals surface area (Å²) in [5.41, 5.74) is -0.682. The van der Waals surface area contributed by atoms with Gasteiger partial charge in [-0.2, -0.15) is 0 Å². The molecule has 1 aromatic carbocycles. The van der Waals surface area contributed by atoms with Crippen LogP contribution in [0.25, 0.3) is 0 Å². The highest BCUT2D eigenvalue weighted by atomic mass is 35.5. The van der Waals surface area contributed by atoms with Crippen molar-refractivity contribution in [2.75, 3.05) is 11.9 Å². The summed E-state index contributed by atoms with van der Waals surface area (Å²) in [5, 5.41) is 4.93. The van der Waals surface area contributed by atoms with Gasteiger partial charge in [0.2, 0.25) is 0 Å². The Balaban J connectivity index is 1.55. The Bertz CT molecular complexity index is 841. The molecule has 1 saturated carbocycles. The first-order valence-corrected chi connectivity index (χ1v) is 9.19. The fraction of sp³-hybridized carbons (Fsp3) is 0.444. The van der Waals surface area contributed by atoms with E-state index in [2.05, 4.69) is 10.6 Å². The van der Waals surface area contributed by atoms with Crippen LogP contribution in [0.1, 0.15) is 32.6 Å². The van der Waals surface area contributed by atoms with Gasteiger partial charge in [-0.1, -0.05) is 24.4 Å². The average molecular weight is 412 g/mol. The SMILES string of the molecule is C[C@@H](OC(=O)CN1C(=O)NC2(CCCC2)C1=O)C(=O)Nc1ccc(F)c(Cl)c1. The number of anilines is 1. The summed E-state index contributed by atoms with van der Waals surface area (Å²) in [7, 11) is 0. The van der Waals surface area contributed by atoms with E-state index in [1.165, 1.54) is 19.1 Å². The standard InChI is InChI=1S/C18H19ClFN3O5/c1-10(15(25)21-11-4-5-13(20)12(19)8-11)28-14(24)9-23-16(26)18(22-17(23)27)6-2-3-7-18/h4-5,8,10H,2-3,6-7,9H2,1H3,(H,21,25)(H,22,27)/t10-/m1/s1. The molecule has 1 aromatic rings. The third-order valence-electron chi connectivity index (χ3n) is 4.85. The summed E-state index contributed by atoms with van der Waals surface area (Å²) in [4.78, 5) is 49.6. The van der Waals surface area contributed by atoms with Gasteiger partial charge in [-0.25, -0.2) is 9.18 Å². The summed E-state index contributed by atoms with van der Waals surface area (Å²) < 4.78 is 18.2. The van der Waals surface area contributed by atoms with Crippen LogP contribution in [-0.2, 0) is 19.1 Å². The maximum Gasteiger partial charge on any atom is 0.327 e. The van der Waals surface area contributed by atoms with Crippen molar-refractivity contribution in [1.29, 1.82) is 0 Å². The third-order valence-corrected chi connectivity index (χ3v) is 5.14. The number of benzene rings is 1. The Morgan fingerprint density at radius 3 is 2.68 bits per heavy atom. The number of halogens is 2. The average Bonchev–Trinajstić information content (AvgIpc) is 3.19. The zero-order valence-electron chi connectivity index (χ0n) is 15.1. The Morgan fingerprint density at radius 2 is 2.04 bits per heavy atom. The summed E-state index contributed by atoms with van der Waals surface area (Å²) in [6.07, 6.45) is 1.55. The molecule has 4 amide bonds. The van der Waals surface area contributed by atoms with Crippen molar-refractivity contribution in [1.82, 2.24) is 10.2 Å². The van der Waals surface area contributed by atoms with Crippen LogP contribution in [0.3, 0.4) is 0 Å². The van der Waals surface area contributed by atoms with Crippen molar-refractivity contribution < 1.29 is 28.3 Å². The normalized spacial score (nSPS) is 18.9. The molecular weight excluding hydrogens is 393 g/mol. The predicted molar refractivity (Wildman–Crippen MR) is 97.0 cm³/mol. The molecule has 28 heavy (non-hydrogen) atoms. The number of imide groups is 1. The van der Waals surface area contributed by atoms with E-state index >= 15 is 0 Å². The molecule has 2 aliphatic rings. The minimum atomic E-state index is -1.20. The molecular formula is C18H19ClFN3O5. The molecule has 1 aliphatic heterocycles. The van der Waals surface area contributed by atoms with Gasteiger partial charge in [-0.05, 0) is 38.0 Å². The second kappa shape index (κ2) is 7.75. The first-order chi connectivity index (χ1) is 13.2. The monoisotopic (exact) mass is 411 g/mol. The van der Waals surface area contributed by atoms with Crippen molar-refractivity contribution in [2.24, 2.45) is 0 Å². The molecule has 1 heterocycles. The first kappa shape index (κ1) is 20.1. The quantitative estimate of drug-likeness (QED) is 0.571. The van der Waals surface area contributed by atoms with Gasteiger partial charge >= 0.3 is 12.0 Å². The van der Waals surface area contributed by atoms with E-state index in [4.69, 9.17) is 16.3 Å². The van der Waals surface area contributed by atoms with E-state index in [9.17, 15) is 23.6 Å². The molecule has 2 fully saturated rings. The fourth-order valence-electron chi connectivity index (χ4n) is 3.37. The Hall–Kier alpha value is -2.68. The number of amides is 4. The van der Waals surface area contributed by atoms with Crippen LogP contribution in [0.15, 0.2) is 18.2 Å². The Kier molecular flexibility index (Phi) is 5.55. The number of esters is 1. The zero-order chi connectivity index (χ0) is 20.5. The molecule has 0 unspecified atom stereocenters. The summed E-state index contributed by atoms with van der Waals surface area (Å²) >= 11 is 5.65. The van der Waals surface area contributed by atoms with Crippen molar-refractivity contribution in [3.05, 3.63) is 29.0 Å². The highest BCUT2D eigenvalue weighted by Gasteiger charge is 2.52. The molecule has 1 saturated heterocycles. The Labute approximate surface area is 165 Å². The maximum absolute atomic E-state index is 13.2. The minimum Gasteiger partial charge on any atom is -0.451 e. The van der Waals surface area contributed by atoms with Gasteiger partial charge in [0.15, 0.2) is 6.10 Å². The van der Waals surface area contributed by atoms with Gasteiger partial charge in [0.1, 0.15) is 17.9 Å². The fourth-order valence-corrected chi connectivity index (χ4v) is 3.55. The first-order valence-electron chi connectivity index (χ1n) is 8.81. The largest absolute Gasteiger partial charge is 0.451 e. The van der Waals surface area contributed by atoms with Gasteiger partial charge in [0.05, 0.1) is 5.02 Å². The second-order valence-electron chi connectivity index (χ2n) is 6.86. The van der Waals surface area contributed by atoms with Crippen molar-refractivity contribution in [3.8, 4) is 0 Å². The number of nitrogens with zero attached hydrogens (tertiary/aromatic N) is 1. The summed E-state index contributed by atoms with van der Waals surface area (Å²) in [5.74, 6) is -2.63.